The Kier molecular flexibility index (Phi) is 4.78. The lowest BCUT2D eigenvalue weighted by Gasteiger charge is -2.20. The molecule has 108 valence electrons. The molecule has 0 saturated carbocycles. The molecule has 1 atom stereocenters. The van der Waals surface area contributed by atoms with Gasteiger partial charge < -0.3 is 5.32 Å². The summed E-state index contributed by atoms with van der Waals surface area (Å²) in [5, 5.41) is 5.59. The molecule has 0 bridgehead atoms. The van der Waals surface area contributed by atoms with Crippen LogP contribution in [-0.2, 0) is 0 Å². The average Bonchev–Trinajstić information content (AvgIpc) is 2.74. The summed E-state index contributed by atoms with van der Waals surface area (Å²) < 4.78 is 28.5. The van der Waals surface area contributed by atoms with Crippen molar-refractivity contribution in [1.82, 2.24) is 5.32 Å². The number of thiophene rings is 1. The predicted octanol–water partition coefficient (Wildman–Crippen LogP) is 5.00. The van der Waals surface area contributed by atoms with E-state index in [9.17, 15) is 8.78 Å². The van der Waals surface area contributed by atoms with Gasteiger partial charge in [-0.1, -0.05) is 24.6 Å². The molecule has 0 aliphatic heterocycles. The third-order valence-electron chi connectivity index (χ3n) is 3.20. The van der Waals surface area contributed by atoms with Crippen LogP contribution in [0.2, 0.25) is 5.02 Å². The summed E-state index contributed by atoms with van der Waals surface area (Å²) in [4.78, 5) is 0.745. The molecule has 20 heavy (non-hydrogen) atoms. The van der Waals surface area contributed by atoms with Crippen molar-refractivity contribution in [3.8, 4) is 0 Å². The van der Waals surface area contributed by atoms with E-state index in [0.717, 1.165) is 10.4 Å². The summed E-state index contributed by atoms with van der Waals surface area (Å²) in [5.74, 6) is -1.07. The van der Waals surface area contributed by atoms with Crippen molar-refractivity contribution in [2.75, 3.05) is 6.54 Å². The van der Waals surface area contributed by atoms with E-state index >= 15 is 0 Å². The first-order valence-corrected chi connectivity index (χ1v) is 7.64. The largest absolute Gasteiger partial charge is 0.306 e. The van der Waals surface area contributed by atoms with Crippen molar-refractivity contribution in [1.29, 1.82) is 0 Å². The van der Waals surface area contributed by atoms with Gasteiger partial charge in [0.1, 0.15) is 11.6 Å². The number of hydrogen-bond donors (Lipinski definition) is 1. The summed E-state index contributed by atoms with van der Waals surface area (Å²) in [5.41, 5.74) is 1.38. The Morgan fingerprint density at radius 2 is 1.95 bits per heavy atom. The minimum atomic E-state index is -0.564. The van der Waals surface area contributed by atoms with Crippen molar-refractivity contribution in [2.45, 2.75) is 26.8 Å². The normalized spacial score (nSPS) is 12.7. The summed E-state index contributed by atoms with van der Waals surface area (Å²) in [6.07, 6.45) is 0. The first-order chi connectivity index (χ1) is 9.47. The highest BCUT2D eigenvalue weighted by Crippen LogP contribution is 2.37. The second-order valence-electron chi connectivity index (χ2n) is 4.68. The maximum atomic E-state index is 14.3. The van der Waals surface area contributed by atoms with Crippen LogP contribution in [-0.4, -0.2) is 6.54 Å². The molecule has 5 heteroatoms. The molecular weight excluding hydrogens is 300 g/mol. The fourth-order valence-corrected chi connectivity index (χ4v) is 3.50. The van der Waals surface area contributed by atoms with Crippen LogP contribution in [0, 0.1) is 25.5 Å². The highest BCUT2D eigenvalue weighted by atomic mass is 35.5. The fourth-order valence-electron chi connectivity index (χ4n) is 2.12. The molecular formula is C15H16ClF2NS. The van der Waals surface area contributed by atoms with Crippen molar-refractivity contribution in [3.63, 3.8) is 0 Å². The van der Waals surface area contributed by atoms with Gasteiger partial charge in [0.05, 0.1) is 11.1 Å². The van der Waals surface area contributed by atoms with E-state index in [4.69, 9.17) is 11.6 Å². The molecule has 2 aromatic rings. The molecule has 0 radical (unpaired) electrons. The number of benzene rings is 1. The molecule has 1 N–H and O–H groups in total. The van der Waals surface area contributed by atoms with Gasteiger partial charge in [0.2, 0.25) is 0 Å². The fraction of sp³-hybridized carbons (Fsp3) is 0.333. The van der Waals surface area contributed by atoms with Gasteiger partial charge in [0.15, 0.2) is 0 Å². The Morgan fingerprint density at radius 3 is 2.50 bits per heavy atom. The molecule has 1 heterocycles. The van der Waals surface area contributed by atoms with Crippen molar-refractivity contribution >= 4 is 22.9 Å². The molecule has 1 aromatic heterocycles. The zero-order valence-corrected chi connectivity index (χ0v) is 13.1. The predicted molar refractivity (Wildman–Crippen MR) is 80.7 cm³/mol. The topological polar surface area (TPSA) is 12.0 Å². The summed E-state index contributed by atoms with van der Waals surface area (Å²) >= 11 is 7.67. The highest BCUT2D eigenvalue weighted by Gasteiger charge is 2.26. The van der Waals surface area contributed by atoms with Crippen LogP contribution in [0.15, 0.2) is 17.5 Å². The molecule has 1 aromatic carbocycles. The van der Waals surface area contributed by atoms with Gasteiger partial charge in [-0.25, -0.2) is 8.78 Å². The summed E-state index contributed by atoms with van der Waals surface area (Å²) in [6.45, 7) is 5.99. The number of hydrogen-bond acceptors (Lipinski definition) is 2. The van der Waals surface area contributed by atoms with Crippen LogP contribution >= 0.6 is 22.9 Å². The van der Waals surface area contributed by atoms with Gasteiger partial charge >= 0.3 is 0 Å². The standard InChI is InChI=1S/C15H16ClF2NS/c1-4-19-14(15-12(16)9(3)7-20-15)11-10(17)6-5-8(2)13(11)18/h5-7,14,19H,4H2,1-3H3. The van der Waals surface area contributed by atoms with Gasteiger partial charge in [-0.15, -0.1) is 11.3 Å². The average molecular weight is 316 g/mol. The second-order valence-corrected chi connectivity index (χ2v) is 5.97. The number of rotatable bonds is 4. The Hall–Kier alpha value is -0.970. The molecule has 1 nitrogen and oxygen atoms in total. The number of aryl methyl sites for hydroxylation is 2. The van der Waals surface area contributed by atoms with Crippen LogP contribution in [0.3, 0.4) is 0 Å². The van der Waals surface area contributed by atoms with E-state index in [1.165, 1.54) is 23.5 Å². The lowest BCUT2D eigenvalue weighted by Crippen LogP contribution is -2.24. The summed E-state index contributed by atoms with van der Waals surface area (Å²) in [7, 11) is 0. The second kappa shape index (κ2) is 6.20. The van der Waals surface area contributed by atoms with Crippen LogP contribution in [0.4, 0.5) is 8.78 Å². The number of halogens is 3. The third-order valence-corrected chi connectivity index (χ3v) is 4.98. The molecule has 0 saturated heterocycles. The maximum Gasteiger partial charge on any atom is 0.134 e. The Morgan fingerprint density at radius 1 is 1.25 bits per heavy atom. The van der Waals surface area contributed by atoms with Gasteiger partial charge in [0.25, 0.3) is 0 Å². The SMILES string of the molecule is CCNC(c1scc(C)c1Cl)c1c(F)ccc(C)c1F. The Balaban J connectivity index is 2.60. The van der Waals surface area contributed by atoms with Crippen LogP contribution in [0.5, 0.6) is 0 Å². The first kappa shape index (κ1) is 15.4. The van der Waals surface area contributed by atoms with Crippen molar-refractivity contribution < 1.29 is 8.78 Å². The summed E-state index contributed by atoms with van der Waals surface area (Å²) in [6, 6.07) is 2.18. The Bertz CT molecular complexity index is 625. The van der Waals surface area contributed by atoms with E-state index in [2.05, 4.69) is 5.32 Å². The quantitative estimate of drug-likeness (QED) is 0.837. The molecule has 0 aliphatic carbocycles. The number of nitrogens with one attached hydrogen (secondary N) is 1. The zero-order chi connectivity index (χ0) is 14.9. The maximum absolute atomic E-state index is 14.3. The van der Waals surface area contributed by atoms with Crippen LogP contribution in [0.25, 0.3) is 0 Å². The molecule has 0 fully saturated rings. The van der Waals surface area contributed by atoms with Gasteiger partial charge in [0, 0.05) is 10.4 Å². The van der Waals surface area contributed by atoms with E-state index in [0.29, 0.717) is 17.1 Å². The molecule has 0 amide bonds. The van der Waals surface area contributed by atoms with Gasteiger partial charge in [-0.3, -0.25) is 0 Å². The lowest BCUT2D eigenvalue weighted by molar-refractivity contribution is 0.509. The van der Waals surface area contributed by atoms with Crippen molar-refractivity contribution in [3.05, 3.63) is 55.7 Å². The molecule has 0 spiro atoms. The van der Waals surface area contributed by atoms with Crippen molar-refractivity contribution in [2.24, 2.45) is 0 Å². The van der Waals surface area contributed by atoms with Gasteiger partial charge in [-0.05, 0) is 43.0 Å². The van der Waals surface area contributed by atoms with E-state index in [1.54, 1.807) is 6.92 Å². The molecule has 2 rings (SSSR count). The van der Waals surface area contributed by atoms with E-state index in [1.807, 2.05) is 19.2 Å². The monoisotopic (exact) mass is 315 g/mol. The minimum Gasteiger partial charge on any atom is -0.306 e. The Labute approximate surface area is 126 Å². The zero-order valence-electron chi connectivity index (χ0n) is 11.6. The smallest absolute Gasteiger partial charge is 0.134 e. The molecule has 0 aliphatic rings. The third kappa shape index (κ3) is 2.73. The van der Waals surface area contributed by atoms with E-state index in [-0.39, 0.29) is 5.56 Å². The van der Waals surface area contributed by atoms with Gasteiger partial charge in [-0.2, -0.15) is 0 Å². The first-order valence-electron chi connectivity index (χ1n) is 6.38. The highest BCUT2D eigenvalue weighted by molar-refractivity contribution is 7.10. The van der Waals surface area contributed by atoms with Crippen LogP contribution < -0.4 is 5.32 Å². The minimum absolute atomic E-state index is 0.0376. The van der Waals surface area contributed by atoms with E-state index < -0.39 is 17.7 Å². The van der Waals surface area contributed by atoms with Crippen LogP contribution in [0.1, 0.15) is 34.5 Å². The lowest BCUT2D eigenvalue weighted by atomic mass is 10.0. The molecule has 1 unspecified atom stereocenters.